The molecule has 0 spiro atoms. The fraction of sp³-hybridized carbons (Fsp3) is 0.148. The van der Waals surface area contributed by atoms with Gasteiger partial charge in [-0.15, -0.1) is 0 Å². The number of esters is 2. The molecule has 0 saturated heterocycles. The largest absolute Gasteiger partial charge is 0.478 e. The summed E-state index contributed by atoms with van der Waals surface area (Å²) >= 11 is 11.8. The Bertz CT molecular complexity index is 1410. The van der Waals surface area contributed by atoms with Gasteiger partial charge in [0, 0.05) is 5.02 Å². The lowest BCUT2D eigenvalue weighted by Gasteiger charge is -2.23. The second kappa shape index (κ2) is 12.9. The van der Waals surface area contributed by atoms with Gasteiger partial charge in [-0.3, -0.25) is 20.4 Å². The summed E-state index contributed by atoms with van der Waals surface area (Å²) in [6.45, 7) is 3.57. The lowest BCUT2D eigenvalue weighted by atomic mass is 10.1. The van der Waals surface area contributed by atoms with Crippen molar-refractivity contribution in [3.05, 3.63) is 105 Å². The first kappa shape index (κ1) is 29.2. The molecule has 0 fully saturated rings. The second-order valence-corrected chi connectivity index (χ2v) is 9.13. The number of carbonyl (C=O) groups is 5. The van der Waals surface area contributed by atoms with Crippen LogP contribution >= 0.6 is 23.2 Å². The standard InChI is InChI=1S/C27H22Cl2N2O8/c1-14-3-7-16(8-4-14)26(36)38-21(22(25(34)35)39-27(37)17-9-5-15(2)6-10-17)24(33)31-30-23(32)19-12-11-18(28)13-20(19)29/h3-13,21-22H,1-2H3,(H,30,32)(H,31,33)(H,34,35)/t21-,22-/m0/s1. The molecule has 0 saturated carbocycles. The minimum Gasteiger partial charge on any atom is -0.478 e. The third-order valence-electron chi connectivity index (χ3n) is 5.29. The van der Waals surface area contributed by atoms with E-state index in [1.54, 1.807) is 38.1 Å². The number of hydrogen-bond donors (Lipinski definition) is 3. The summed E-state index contributed by atoms with van der Waals surface area (Å²) in [7, 11) is 0. The molecule has 202 valence electrons. The summed E-state index contributed by atoms with van der Waals surface area (Å²) in [4.78, 5) is 63.1. The highest BCUT2D eigenvalue weighted by atomic mass is 35.5. The Kier molecular flexibility index (Phi) is 9.64. The summed E-state index contributed by atoms with van der Waals surface area (Å²) in [5, 5.41) is 10.1. The van der Waals surface area contributed by atoms with Crippen LogP contribution in [-0.2, 0) is 19.1 Å². The summed E-state index contributed by atoms with van der Waals surface area (Å²) in [5.41, 5.74) is 5.65. The van der Waals surface area contributed by atoms with Crippen LogP contribution in [0.1, 0.15) is 42.2 Å². The second-order valence-electron chi connectivity index (χ2n) is 8.29. The smallest absolute Gasteiger partial charge is 0.349 e. The van der Waals surface area contributed by atoms with Crippen molar-refractivity contribution in [2.45, 2.75) is 26.1 Å². The molecule has 3 rings (SSSR count). The number of aryl methyl sites for hydroxylation is 2. The zero-order valence-electron chi connectivity index (χ0n) is 20.6. The molecular formula is C27H22Cl2N2O8. The van der Waals surface area contributed by atoms with Crippen LogP contribution in [0.5, 0.6) is 0 Å². The molecule has 0 heterocycles. The van der Waals surface area contributed by atoms with E-state index in [1.165, 1.54) is 42.5 Å². The van der Waals surface area contributed by atoms with Crippen LogP contribution < -0.4 is 10.9 Å². The lowest BCUT2D eigenvalue weighted by Crippen LogP contribution is -2.54. The van der Waals surface area contributed by atoms with E-state index in [2.05, 4.69) is 5.43 Å². The Labute approximate surface area is 232 Å². The Balaban J connectivity index is 1.85. The van der Waals surface area contributed by atoms with E-state index < -0.39 is 41.9 Å². The van der Waals surface area contributed by atoms with Gasteiger partial charge in [0.25, 0.3) is 11.8 Å². The molecule has 0 aromatic heterocycles. The predicted octanol–water partition coefficient (Wildman–Crippen LogP) is 3.91. The highest BCUT2D eigenvalue weighted by Crippen LogP contribution is 2.21. The molecule has 2 atom stereocenters. The number of ether oxygens (including phenoxy) is 2. The molecular weight excluding hydrogens is 551 g/mol. The number of halogens is 2. The Hall–Kier alpha value is -4.41. The minimum absolute atomic E-state index is 0.00144. The minimum atomic E-state index is -2.27. The SMILES string of the molecule is Cc1ccc(C(=O)O[C@H](C(=O)O)[C@H](OC(=O)c2ccc(C)cc2)C(=O)NNC(=O)c2ccc(Cl)cc2Cl)cc1. The Morgan fingerprint density at radius 2 is 1.21 bits per heavy atom. The fourth-order valence-corrected chi connectivity index (χ4v) is 3.67. The maximum atomic E-state index is 13.0. The van der Waals surface area contributed by atoms with E-state index in [0.29, 0.717) is 0 Å². The van der Waals surface area contributed by atoms with Gasteiger partial charge in [0.05, 0.1) is 21.7 Å². The molecule has 0 unspecified atom stereocenters. The van der Waals surface area contributed by atoms with Gasteiger partial charge in [-0.2, -0.15) is 0 Å². The van der Waals surface area contributed by atoms with Gasteiger partial charge < -0.3 is 14.6 Å². The van der Waals surface area contributed by atoms with Crippen molar-refractivity contribution in [2.75, 3.05) is 0 Å². The maximum absolute atomic E-state index is 13.0. The summed E-state index contributed by atoms with van der Waals surface area (Å²) in [5.74, 6) is -6.10. The molecule has 0 radical (unpaired) electrons. The molecule has 0 aliphatic rings. The number of aliphatic carboxylic acids is 1. The fourth-order valence-electron chi connectivity index (χ4n) is 3.17. The lowest BCUT2D eigenvalue weighted by molar-refractivity contribution is -0.159. The third-order valence-corrected chi connectivity index (χ3v) is 5.84. The summed E-state index contributed by atoms with van der Waals surface area (Å²) < 4.78 is 10.3. The van der Waals surface area contributed by atoms with Crippen LogP contribution in [0, 0.1) is 13.8 Å². The van der Waals surface area contributed by atoms with Crippen LogP contribution in [0.4, 0.5) is 0 Å². The summed E-state index contributed by atoms with van der Waals surface area (Å²) in [6.07, 6.45) is -4.48. The monoisotopic (exact) mass is 572 g/mol. The normalized spacial score (nSPS) is 12.0. The highest BCUT2D eigenvalue weighted by molar-refractivity contribution is 6.36. The van der Waals surface area contributed by atoms with Gasteiger partial charge in [0.15, 0.2) is 0 Å². The first-order chi connectivity index (χ1) is 18.5. The van der Waals surface area contributed by atoms with Crippen molar-refractivity contribution in [1.29, 1.82) is 0 Å². The number of carbonyl (C=O) groups excluding carboxylic acids is 4. The first-order valence-corrected chi connectivity index (χ1v) is 12.0. The van der Waals surface area contributed by atoms with Gasteiger partial charge in [-0.05, 0) is 56.3 Å². The zero-order valence-corrected chi connectivity index (χ0v) is 22.1. The van der Waals surface area contributed by atoms with Crippen molar-refractivity contribution < 1.29 is 38.6 Å². The molecule has 0 aliphatic heterocycles. The number of hydrogen-bond acceptors (Lipinski definition) is 7. The number of carboxylic acid groups (broad SMARTS) is 1. The number of nitrogens with one attached hydrogen (secondary N) is 2. The number of rotatable bonds is 8. The zero-order chi connectivity index (χ0) is 28.7. The topological polar surface area (TPSA) is 148 Å². The van der Waals surface area contributed by atoms with Crippen LogP contribution in [0.3, 0.4) is 0 Å². The predicted molar refractivity (Wildman–Crippen MR) is 140 cm³/mol. The first-order valence-electron chi connectivity index (χ1n) is 11.3. The molecule has 2 amide bonds. The van der Waals surface area contributed by atoms with E-state index in [-0.39, 0.29) is 26.7 Å². The maximum Gasteiger partial charge on any atom is 0.349 e. The molecule has 3 N–H and O–H groups in total. The van der Waals surface area contributed by atoms with Crippen molar-refractivity contribution in [3.8, 4) is 0 Å². The molecule has 3 aromatic carbocycles. The van der Waals surface area contributed by atoms with Gasteiger partial charge in [-0.1, -0.05) is 58.6 Å². The van der Waals surface area contributed by atoms with Crippen molar-refractivity contribution in [2.24, 2.45) is 0 Å². The number of amides is 2. The van der Waals surface area contributed by atoms with Crippen LogP contribution in [-0.4, -0.2) is 47.0 Å². The summed E-state index contributed by atoms with van der Waals surface area (Å²) in [6, 6.07) is 16.0. The molecule has 12 heteroatoms. The van der Waals surface area contributed by atoms with Crippen molar-refractivity contribution in [3.63, 3.8) is 0 Å². The molecule has 0 aliphatic carbocycles. The van der Waals surface area contributed by atoms with E-state index in [0.717, 1.165) is 11.1 Å². The average molecular weight is 573 g/mol. The van der Waals surface area contributed by atoms with Crippen LogP contribution in [0.15, 0.2) is 66.7 Å². The van der Waals surface area contributed by atoms with Gasteiger partial charge in [-0.25, -0.2) is 14.4 Å². The van der Waals surface area contributed by atoms with Crippen molar-refractivity contribution in [1.82, 2.24) is 10.9 Å². The van der Waals surface area contributed by atoms with Gasteiger partial charge in [0.1, 0.15) is 0 Å². The van der Waals surface area contributed by atoms with Crippen LogP contribution in [0.25, 0.3) is 0 Å². The molecule has 39 heavy (non-hydrogen) atoms. The van der Waals surface area contributed by atoms with E-state index in [4.69, 9.17) is 32.7 Å². The molecule has 3 aromatic rings. The number of benzene rings is 3. The number of carboxylic acids is 1. The van der Waals surface area contributed by atoms with Gasteiger partial charge >= 0.3 is 17.9 Å². The van der Waals surface area contributed by atoms with Gasteiger partial charge in [0.2, 0.25) is 12.2 Å². The van der Waals surface area contributed by atoms with E-state index >= 15 is 0 Å². The Morgan fingerprint density at radius 3 is 1.67 bits per heavy atom. The van der Waals surface area contributed by atoms with E-state index in [1.807, 2.05) is 5.43 Å². The van der Waals surface area contributed by atoms with Crippen LogP contribution in [0.2, 0.25) is 10.0 Å². The Morgan fingerprint density at radius 1 is 0.718 bits per heavy atom. The van der Waals surface area contributed by atoms with Crippen molar-refractivity contribution >= 4 is 52.9 Å². The molecule has 0 bridgehead atoms. The highest BCUT2D eigenvalue weighted by Gasteiger charge is 2.41. The van der Waals surface area contributed by atoms with E-state index in [9.17, 15) is 29.1 Å². The molecule has 10 nitrogen and oxygen atoms in total. The average Bonchev–Trinajstić information content (AvgIpc) is 2.89. The quantitative estimate of drug-likeness (QED) is 0.272. The number of hydrazine groups is 1. The third kappa shape index (κ3) is 7.79.